The van der Waals surface area contributed by atoms with E-state index >= 15 is 0 Å². The van der Waals surface area contributed by atoms with E-state index < -0.39 is 18.1 Å². The van der Waals surface area contributed by atoms with Crippen molar-refractivity contribution >= 4 is 12.1 Å². The molecule has 0 fully saturated rings. The lowest BCUT2D eigenvalue weighted by Gasteiger charge is -2.24. The van der Waals surface area contributed by atoms with E-state index in [2.05, 4.69) is 5.32 Å². The number of aliphatic carboxylic acids is 1. The van der Waals surface area contributed by atoms with Gasteiger partial charge in [-0.2, -0.15) is 0 Å². The first-order chi connectivity index (χ1) is 10.1. The zero-order chi connectivity index (χ0) is 15.7. The molecule has 0 spiro atoms. The maximum Gasteiger partial charge on any atom is 0.407 e. The first-order valence-corrected chi connectivity index (χ1v) is 7.25. The highest BCUT2D eigenvalue weighted by Gasteiger charge is 2.23. The molecule has 0 aliphatic carbocycles. The minimum absolute atomic E-state index is 0.0905. The van der Waals surface area contributed by atoms with Crippen molar-refractivity contribution in [1.82, 2.24) is 5.32 Å². The molecule has 1 aromatic carbocycles. The van der Waals surface area contributed by atoms with Gasteiger partial charge in [0, 0.05) is 6.04 Å². The largest absolute Gasteiger partial charge is 0.481 e. The molecule has 5 heteroatoms. The van der Waals surface area contributed by atoms with Crippen LogP contribution in [-0.4, -0.2) is 23.2 Å². The van der Waals surface area contributed by atoms with Gasteiger partial charge >= 0.3 is 12.1 Å². The number of carboxylic acids is 1. The fourth-order valence-electron chi connectivity index (χ4n) is 2.30. The predicted octanol–water partition coefficient (Wildman–Crippen LogP) is 3.19. The van der Waals surface area contributed by atoms with Crippen LogP contribution in [0.25, 0.3) is 0 Å². The summed E-state index contributed by atoms with van der Waals surface area (Å²) >= 11 is 0. The average molecular weight is 293 g/mol. The standard InChI is InChI=1S/C16H23NO4/c1-3-13(4-2)14(10-15(18)19)17-16(20)21-11-12-8-6-5-7-9-12/h5-9,13-14H,3-4,10-11H2,1-2H3,(H,17,20)(H,18,19)/t14-/m0/s1. The zero-order valence-corrected chi connectivity index (χ0v) is 12.5. The number of rotatable bonds is 8. The van der Waals surface area contributed by atoms with Crippen LogP contribution in [0.4, 0.5) is 4.79 Å². The molecule has 1 amide bonds. The van der Waals surface area contributed by atoms with Gasteiger partial charge in [0.25, 0.3) is 0 Å². The fourth-order valence-corrected chi connectivity index (χ4v) is 2.30. The van der Waals surface area contributed by atoms with Gasteiger partial charge in [-0.1, -0.05) is 57.0 Å². The summed E-state index contributed by atoms with van der Waals surface area (Å²) in [5.74, 6) is -0.791. The molecule has 5 nitrogen and oxygen atoms in total. The number of ether oxygens (including phenoxy) is 1. The second kappa shape index (κ2) is 9.00. The second-order valence-corrected chi connectivity index (χ2v) is 4.99. The third kappa shape index (κ3) is 6.29. The van der Waals surface area contributed by atoms with Crippen LogP contribution in [-0.2, 0) is 16.1 Å². The molecule has 0 saturated heterocycles. The van der Waals surface area contributed by atoms with Crippen LogP contribution in [0, 0.1) is 5.92 Å². The molecule has 116 valence electrons. The molecule has 1 atom stereocenters. The molecule has 0 bridgehead atoms. The number of amides is 1. The molecule has 0 saturated carbocycles. The smallest absolute Gasteiger partial charge is 0.407 e. The Kier molecular flexibility index (Phi) is 7.29. The third-order valence-electron chi connectivity index (χ3n) is 3.53. The van der Waals surface area contributed by atoms with Crippen LogP contribution in [0.1, 0.15) is 38.7 Å². The van der Waals surface area contributed by atoms with E-state index in [0.717, 1.165) is 18.4 Å². The Morgan fingerprint density at radius 3 is 2.33 bits per heavy atom. The highest BCUT2D eigenvalue weighted by atomic mass is 16.5. The Morgan fingerprint density at radius 2 is 1.81 bits per heavy atom. The third-order valence-corrected chi connectivity index (χ3v) is 3.53. The summed E-state index contributed by atoms with van der Waals surface area (Å²) in [5, 5.41) is 11.6. The molecule has 1 rings (SSSR count). The number of nitrogens with one attached hydrogen (secondary N) is 1. The molecular weight excluding hydrogens is 270 g/mol. The lowest BCUT2D eigenvalue weighted by atomic mass is 9.92. The van der Waals surface area contributed by atoms with Gasteiger partial charge in [-0.3, -0.25) is 4.79 Å². The van der Waals surface area contributed by atoms with Gasteiger partial charge in [0.2, 0.25) is 0 Å². The molecule has 2 N–H and O–H groups in total. The van der Waals surface area contributed by atoms with Gasteiger partial charge in [-0.25, -0.2) is 4.79 Å². The molecule has 0 aromatic heterocycles. The van der Waals surface area contributed by atoms with Gasteiger partial charge < -0.3 is 15.2 Å². The van der Waals surface area contributed by atoms with Gasteiger partial charge in [0.05, 0.1) is 6.42 Å². The number of hydrogen-bond acceptors (Lipinski definition) is 3. The summed E-state index contributed by atoms with van der Waals surface area (Å²) in [7, 11) is 0. The minimum atomic E-state index is -0.921. The van der Waals surface area contributed by atoms with Gasteiger partial charge in [-0.05, 0) is 11.5 Å². The van der Waals surface area contributed by atoms with Crippen LogP contribution in [0.5, 0.6) is 0 Å². The summed E-state index contributed by atoms with van der Waals surface area (Å²) in [5.41, 5.74) is 0.893. The Labute approximate surface area is 125 Å². The Balaban J connectivity index is 2.53. The topological polar surface area (TPSA) is 75.6 Å². The Hall–Kier alpha value is -2.04. The SMILES string of the molecule is CCC(CC)[C@H](CC(=O)O)NC(=O)OCc1ccccc1. The van der Waals surface area contributed by atoms with E-state index in [9.17, 15) is 9.59 Å². The van der Waals surface area contributed by atoms with Crippen molar-refractivity contribution in [1.29, 1.82) is 0 Å². The fraction of sp³-hybridized carbons (Fsp3) is 0.500. The first-order valence-electron chi connectivity index (χ1n) is 7.25. The molecule has 0 aliphatic rings. The normalized spacial score (nSPS) is 12.0. The van der Waals surface area contributed by atoms with Crippen molar-refractivity contribution in [2.75, 3.05) is 0 Å². The molecule has 0 radical (unpaired) electrons. The van der Waals surface area contributed by atoms with E-state index in [1.807, 2.05) is 44.2 Å². The lowest BCUT2D eigenvalue weighted by Crippen LogP contribution is -2.41. The van der Waals surface area contributed by atoms with Crippen molar-refractivity contribution in [3.63, 3.8) is 0 Å². The number of benzene rings is 1. The number of alkyl carbamates (subject to hydrolysis) is 1. The first kappa shape index (κ1) is 17.0. The van der Waals surface area contributed by atoms with Crippen LogP contribution >= 0.6 is 0 Å². The van der Waals surface area contributed by atoms with Gasteiger partial charge in [0.1, 0.15) is 6.61 Å². The number of hydrogen-bond donors (Lipinski definition) is 2. The van der Waals surface area contributed by atoms with E-state index in [1.165, 1.54) is 0 Å². The molecule has 0 unspecified atom stereocenters. The van der Waals surface area contributed by atoms with Crippen LogP contribution < -0.4 is 5.32 Å². The summed E-state index contributed by atoms with van der Waals surface area (Å²) < 4.78 is 5.14. The highest BCUT2D eigenvalue weighted by Crippen LogP contribution is 2.16. The molecular formula is C16H23NO4. The average Bonchev–Trinajstić information content (AvgIpc) is 2.47. The predicted molar refractivity (Wildman–Crippen MR) is 79.9 cm³/mol. The van der Waals surface area contributed by atoms with Crippen molar-refractivity contribution in [3.8, 4) is 0 Å². The molecule has 1 aromatic rings. The van der Waals surface area contributed by atoms with Crippen molar-refractivity contribution in [3.05, 3.63) is 35.9 Å². The van der Waals surface area contributed by atoms with E-state index in [0.29, 0.717) is 0 Å². The van der Waals surface area contributed by atoms with Crippen molar-refractivity contribution in [2.45, 2.75) is 45.8 Å². The van der Waals surface area contributed by atoms with Gasteiger partial charge in [0.15, 0.2) is 0 Å². The van der Waals surface area contributed by atoms with E-state index in [4.69, 9.17) is 9.84 Å². The second-order valence-electron chi connectivity index (χ2n) is 4.99. The van der Waals surface area contributed by atoms with Crippen LogP contribution in [0.2, 0.25) is 0 Å². The number of carbonyl (C=O) groups excluding carboxylic acids is 1. The summed E-state index contributed by atoms with van der Waals surface area (Å²) in [4.78, 5) is 22.7. The molecule has 0 heterocycles. The van der Waals surface area contributed by atoms with E-state index in [1.54, 1.807) is 0 Å². The maximum absolute atomic E-state index is 11.8. The van der Waals surface area contributed by atoms with Crippen molar-refractivity contribution < 1.29 is 19.4 Å². The molecule has 21 heavy (non-hydrogen) atoms. The maximum atomic E-state index is 11.8. The number of carboxylic acid groups (broad SMARTS) is 1. The van der Waals surface area contributed by atoms with Gasteiger partial charge in [-0.15, -0.1) is 0 Å². The monoisotopic (exact) mass is 293 g/mol. The minimum Gasteiger partial charge on any atom is -0.481 e. The Morgan fingerprint density at radius 1 is 1.19 bits per heavy atom. The Bertz CT molecular complexity index is 443. The van der Waals surface area contributed by atoms with Crippen LogP contribution in [0.15, 0.2) is 30.3 Å². The lowest BCUT2D eigenvalue weighted by molar-refractivity contribution is -0.137. The highest BCUT2D eigenvalue weighted by molar-refractivity contribution is 5.71. The van der Waals surface area contributed by atoms with Crippen molar-refractivity contribution in [2.24, 2.45) is 5.92 Å². The summed E-state index contributed by atoms with van der Waals surface area (Å²) in [6.07, 6.45) is 0.963. The van der Waals surface area contributed by atoms with Crippen LogP contribution in [0.3, 0.4) is 0 Å². The molecule has 0 aliphatic heterocycles. The summed E-state index contributed by atoms with van der Waals surface area (Å²) in [6.45, 7) is 4.15. The quantitative estimate of drug-likeness (QED) is 0.771. The van der Waals surface area contributed by atoms with E-state index in [-0.39, 0.29) is 18.9 Å². The summed E-state index contributed by atoms with van der Waals surface area (Å²) in [6, 6.07) is 8.95. The zero-order valence-electron chi connectivity index (χ0n) is 12.5. The number of carbonyl (C=O) groups is 2.